The van der Waals surface area contributed by atoms with E-state index < -0.39 is 12.2 Å². The van der Waals surface area contributed by atoms with E-state index in [2.05, 4.69) is 13.6 Å². The smallest absolute Gasteiger partial charge is 0.338 e. The van der Waals surface area contributed by atoms with Crippen LogP contribution in [0.3, 0.4) is 0 Å². The number of rotatable bonds is 5. The summed E-state index contributed by atoms with van der Waals surface area (Å²) in [5.41, 5.74) is 0.911. The molecule has 0 aliphatic heterocycles. The average molecular weight is 465 g/mol. The van der Waals surface area contributed by atoms with Crippen molar-refractivity contribution in [3.05, 3.63) is 71.8 Å². The Kier molecular flexibility index (Phi) is 6.07. The number of esters is 2. The molecule has 0 N–H and O–H groups in total. The highest BCUT2D eigenvalue weighted by Crippen LogP contribution is 2.68. The molecule has 2 aromatic carbocycles. The molecule has 33 heavy (non-hydrogen) atoms. The molecule has 4 aliphatic rings. The van der Waals surface area contributed by atoms with E-state index in [1.54, 1.807) is 24.3 Å². The molecule has 4 saturated carbocycles. The lowest BCUT2D eigenvalue weighted by molar-refractivity contribution is -0.203. The van der Waals surface area contributed by atoms with Gasteiger partial charge in [-0.15, -0.1) is 8.58 Å². The average Bonchev–Trinajstić information content (AvgIpc) is 2.87. The number of benzene rings is 2. The van der Waals surface area contributed by atoms with Crippen molar-refractivity contribution in [1.82, 2.24) is 0 Å². The minimum Gasteiger partial charge on any atom is -0.454 e. The summed E-state index contributed by atoms with van der Waals surface area (Å²) in [7, 11) is 0.630. The highest BCUT2D eigenvalue weighted by atomic mass is 31.1. The predicted molar refractivity (Wildman–Crippen MR) is 131 cm³/mol. The van der Waals surface area contributed by atoms with Gasteiger partial charge in [0, 0.05) is 10.6 Å². The molecule has 6 rings (SSSR count). The lowest BCUT2D eigenvalue weighted by Gasteiger charge is -2.67. The van der Waals surface area contributed by atoms with Crippen molar-refractivity contribution in [2.75, 3.05) is 6.66 Å². The number of carbonyl (C=O) groups is 2. The van der Waals surface area contributed by atoms with Crippen LogP contribution in [0.4, 0.5) is 0 Å². The van der Waals surface area contributed by atoms with Gasteiger partial charge in [-0.2, -0.15) is 0 Å². The van der Waals surface area contributed by atoms with Crippen LogP contribution in [0.2, 0.25) is 0 Å². The van der Waals surface area contributed by atoms with Gasteiger partial charge in [-0.05, 0) is 68.4 Å². The van der Waals surface area contributed by atoms with Crippen LogP contribution in [0, 0.1) is 17.3 Å². The molecule has 4 aliphatic carbocycles. The van der Waals surface area contributed by atoms with Crippen LogP contribution in [-0.2, 0) is 9.47 Å². The fraction of sp³-hybridized carbons (Fsp3) is 0.500. The molecule has 7 atom stereocenters. The van der Waals surface area contributed by atoms with Gasteiger partial charge < -0.3 is 9.47 Å². The fourth-order valence-electron chi connectivity index (χ4n) is 7.04. The summed E-state index contributed by atoms with van der Waals surface area (Å²) >= 11 is 0. The van der Waals surface area contributed by atoms with E-state index >= 15 is 0 Å². The van der Waals surface area contributed by atoms with Crippen molar-refractivity contribution in [3.63, 3.8) is 0 Å². The minimum absolute atomic E-state index is 0.116. The number of ether oxygens (including phenoxy) is 2. The molecule has 2 bridgehead atoms. The number of fused-ring (bicyclic) bond motifs is 2. The van der Waals surface area contributed by atoms with Gasteiger partial charge in [-0.25, -0.2) is 9.59 Å². The summed E-state index contributed by atoms with van der Waals surface area (Å²) in [6.45, 7) is 4.53. The third kappa shape index (κ3) is 3.71. The largest absolute Gasteiger partial charge is 0.454 e. The molecule has 0 spiro atoms. The summed E-state index contributed by atoms with van der Waals surface area (Å²) in [6.07, 6.45) is 6.02. The van der Waals surface area contributed by atoms with E-state index in [1.165, 1.54) is 25.7 Å². The van der Waals surface area contributed by atoms with Gasteiger partial charge in [0.2, 0.25) is 0 Å². The van der Waals surface area contributed by atoms with Crippen molar-refractivity contribution < 1.29 is 19.1 Å². The van der Waals surface area contributed by atoms with Crippen LogP contribution in [0.15, 0.2) is 60.7 Å². The highest BCUT2D eigenvalue weighted by Gasteiger charge is 2.69. The molecular formula is C28H33O4P. The second-order valence-electron chi connectivity index (χ2n) is 10.2. The Bertz CT molecular complexity index is 1010. The second-order valence-corrected chi connectivity index (χ2v) is 11.6. The maximum Gasteiger partial charge on any atom is 0.338 e. The topological polar surface area (TPSA) is 52.6 Å². The lowest BCUT2D eigenvalue weighted by atomic mass is 9.45. The van der Waals surface area contributed by atoms with Gasteiger partial charge >= 0.3 is 11.9 Å². The van der Waals surface area contributed by atoms with Crippen LogP contribution >= 0.6 is 8.58 Å². The zero-order chi connectivity index (χ0) is 23.1. The van der Waals surface area contributed by atoms with Gasteiger partial charge in [-0.1, -0.05) is 56.2 Å². The van der Waals surface area contributed by atoms with Gasteiger partial charge in [0.15, 0.2) is 0 Å². The summed E-state index contributed by atoms with van der Waals surface area (Å²) in [6, 6.07) is 18.4. The van der Waals surface area contributed by atoms with Crippen molar-refractivity contribution in [3.8, 4) is 0 Å². The van der Waals surface area contributed by atoms with Crippen LogP contribution in [0.1, 0.15) is 66.2 Å². The van der Waals surface area contributed by atoms with Crippen molar-refractivity contribution >= 4 is 20.5 Å². The number of carbonyl (C=O) groups excluding carboxylic acids is 2. The van der Waals surface area contributed by atoms with Crippen molar-refractivity contribution in [1.29, 1.82) is 0 Å². The first kappa shape index (κ1) is 22.6. The minimum atomic E-state index is -0.432. The SMILES string of the molecule is CPC12CCC(C)(C3CCCCC31)C(OC(=O)c1ccccc1)C2OC(=O)c1ccccc1. The van der Waals surface area contributed by atoms with E-state index in [4.69, 9.17) is 9.47 Å². The first-order chi connectivity index (χ1) is 16.0. The molecule has 0 radical (unpaired) electrons. The van der Waals surface area contributed by atoms with E-state index in [-0.39, 0.29) is 22.5 Å². The zero-order valence-electron chi connectivity index (χ0n) is 19.5. The van der Waals surface area contributed by atoms with Crippen LogP contribution in [0.25, 0.3) is 0 Å². The van der Waals surface area contributed by atoms with Gasteiger partial charge in [0.1, 0.15) is 12.2 Å². The van der Waals surface area contributed by atoms with Crippen LogP contribution in [0.5, 0.6) is 0 Å². The molecule has 7 unspecified atom stereocenters. The number of hydrogen-bond acceptors (Lipinski definition) is 4. The lowest BCUT2D eigenvalue weighted by Crippen LogP contribution is -2.72. The molecule has 4 fully saturated rings. The first-order valence-electron chi connectivity index (χ1n) is 12.2. The molecule has 0 saturated heterocycles. The third-order valence-corrected chi connectivity index (χ3v) is 10.6. The zero-order valence-corrected chi connectivity index (χ0v) is 20.5. The van der Waals surface area contributed by atoms with Crippen molar-refractivity contribution in [2.24, 2.45) is 17.3 Å². The normalized spacial score (nSPS) is 35.2. The standard InChI is InChI=1S/C28H33O4P/c1-27-17-18-28(33-2,22-16-10-9-15-21(22)27)24(32-26(30)20-13-7-4-8-14-20)23(27)31-25(29)19-11-5-3-6-12-19/h3-8,11-14,21-24,33H,9-10,15-18H2,1-2H3. The van der Waals surface area contributed by atoms with Crippen molar-refractivity contribution in [2.45, 2.75) is 62.8 Å². The Morgan fingerprint density at radius 1 is 0.788 bits per heavy atom. The van der Waals surface area contributed by atoms with Gasteiger partial charge in [0.25, 0.3) is 0 Å². The summed E-state index contributed by atoms with van der Waals surface area (Å²) < 4.78 is 12.7. The quantitative estimate of drug-likeness (QED) is 0.396. The maximum atomic E-state index is 13.3. The predicted octanol–water partition coefficient (Wildman–Crippen LogP) is 6.10. The Hall–Kier alpha value is -2.19. The second kappa shape index (κ2) is 8.87. The molecule has 174 valence electrons. The van der Waals surface area contributed by atoms with E-state index in [1.807, 2.05) is 36.4 Å². The van der Waals surface area contributed by atoms with Crippen LogP contribution < -0.4 is 0 Å². The van der Waals surface area contributed by atoms with E-state index in [9.17, 15) is 9.59 Å². The fourth-order valence-corrected chi connectivity index (χ4v) is 8.62. The summed E-state index contributed by atoms with van der Waals surface area (Å²) in [5.74, 6) is 0.390. The molecular weight excluding hydrogens is 431 g/mol. The molecule has 4 nitrogen and oxygen atoms in total. The Morgan fingerprint density at radius 3 is 1.85 bits per heavy atom. The third-order valence-electron chi connectivity index (χ3n) is 8.74. The van der Waals surface area contributed by atoms with E-state index in [0.717, 1.165) is 12.8 Å². The van der Waals surface area contributed by atoms with Gasteiger partial charge in [0.05, 0.1) is 11.1 Å². The Labute approximate surface area is 198 Å². The molecule has 0 heterocycles. The van der Waals surface area contributed by atoms with Gasteiger partial charge in [-0.3, -0.25) is 0 Å². The number of hydrogen-bond donors (Lipinski definition) is 0. The molecule has 0 aromatic heterocycles. The first-order valence-corrected chi connectivity index (χ1v) is 13.7. The Balaban J connectivity index is 1.54. The molecule has 2 aromatic rings. The summed E-state index contributed by atoms with van der Waals surface area (Å²) in [5, 5.41) is -0.116. The summed E-state index contributed by atoms with van der Waals surface area (Å²) in [4.78, 5) is 26.5. The Morgan fingerprint density at radius 2 is 1.30 bits per heavy atom. The monoisotopic (exact) mass is 464 g/mol. The highest BCUT2D eigenvalue weighted by molar-refractivity contribution is 7.39. The maximum absolute atomic E-state index is 13.3. The molecule has 0 amide bonds. The van der Waals surface area contributed by atoms with E-state index in [0.29, 0.717) is 31.5 Å². The molecule has 5 heteroatoms. The van der Waals surface area contributed by atoms with Crippen LogP contribution in [-0.4, -0.2) is 36.0 Å².